The van der Waals surface area contributed by atoms with Crippen molar-refractivity contribution in [1.82, 2.24) is 10.6 Å². The van der Waals surface area contributed by atoms with Crippen LogP contribution in [0.25, 0.3) is 0 Å². The van der Waals surface area contributed by atoms with Gasteiger partial charge >= 0.3 is 17.9 Å². The fourth-order valence-electron chi connectivity index (χ4n) is 1.70. The number of amides is 1. The van der Waals surface area contributed by atoms with E-state index in [0.717, 1.165) is 27.4 Å². The van der Waals surface area contributed by atoms with Gasteiger partial charge in [-0.05, 0) is 0 Å². The van der Waals surface area contributed by atoms with Crippen LogP contribution in [0.15, 0.2) is 22.9 Å². The van der Waals surface area contributed by atoms with Crippen LogP contribution in [0.3, 0.4) is 0 Å². The average Bonchev–Trinajstić information content (AvgIpc) is 2.54. The van der Waals surface area contributed by atoms with Crippen molar-refractivity contribution >= 4 is 23.8 Å². The van der Waals surface area contributed by atoms with Gasteiger partial charge in [0.1, 0.15) is 11.3 Å². The first-order valence-corrected chi connectivity index (χ1v) is 6.19. The summed E-state index contributed by atoms with van der Waals surface area (Å²) >= 11 is 0. The number of rotatable bonds is 4. The van der Waals surface area contributed by atoms with Gasteiger partial charge in [-0.15, -0.1) is 0 Å². The third-order valence-corrected chi connectivity index (χ3v) is 2.72. The van der Waals surface area contributed by atoms with E-state index in [-0.39, 0.29) is 5.70 Å². The van der Waals surface area contributed by atoms with Crippen LogP contribution in [-0.4, -0.2) is 58.2 Å². The molecule has 22 heavy (non-hydrogen) atoms. The lowest BCUT2D eigenvalue weighted by Crippen LogP contribution is -2.44. The molecule has 0 radical (unpaired) electrons. The van der Waals surface area contributed by atoms with Gasteiger partial charge < -0.3 is 24.8 Å². The molecule has 0 aromatic heterocycles. The minimum Gasteiger partial charge on any atom is -0.466 e. The molecular formula is C13H16N2O7. The third-order valence-electron chi connectivity index (χ3n) is 2.72. The van der Waals surface area contributed by atoms with Crippen LogP contribution < -0.4 is 10.6 Å². The lowest BCUT2D eigenvalue weighted by atomic mass is 10.0. The zero-order valence-corrected chi connectivity index (χ0v) is 12.3. The smallest absolute Gasteiger partial charge is 0.341 e. The van der Waals surface area contributed by atoms with Crippen molar-refractivity contribution < 1.29 is 33.4 Å². The van der Waals surface area contributed by atoms with Crippen molar-refractivity contribution in [2.45, 2.75) is 0 Å². The number of nitrogens with one attached hydrogen (secondary N) is 2. The third kappa shape index (κ3) is 3.84. The average molecular weight is 312 g/mol. The second-order valence-corrected chi connectivity index (χ2v) is 4.00. The molecule has 1 heterocycles. The van der Waals surface area contributed by atoms with Crippen LogP contribution in [0.5, 0.6) is 0 Å². The number of methoxy groups -OCH3 is 3. The number of carbonyl (C=O) groups excluding carboxylic acids is 4. The summed E-state index contributed by atoms with van der Waals surface area (Å²) < 4.78 is 13.6. The molecule has 9 heteroatoms. The number of hydrogen-bond donors (Lipinski definition) is 2. The highest BCUT2D eigenvalue weighted by Crippen LogP contribution is 2.19. The van der Waals surface area contributed by atoms with Gasteiger partial charge in [0.05, 0.1) is 26.9 Å². The van der Waals surface area contributed by atoms with Gasteiger partial charge in [-0.3, -0.25) is 4.79 Å². The minimum atomic E-state index is -0.988. The first-order chi connectivity index (χ1) is 10.5. The summed E-state index contributed by atoms with van der Waals surface area (Å²) in [5, 5.41) is 5.21. The van der Waals surface area contributed by atoms with Crippen LogP contribution >= 0.6 is 0 Å². The van der Waals surface area contributed by atoms with Crippen molar-refractivity contribution in [3.05, 3.63) is 22.9 Å². The molecule has 0 aliphatic carbocycles. The van der Waals surface area contributed by atoms with Crippen LogP contribution in [0.2, 0.25) is 0 Å². The zero-order chi connectivity index (χ0) is 16.7. The largest absolute Gasteiger partial charge is 0.466 e. The van der Waals surface area contributed by atoms with Gasteiger partial charge in [0, 0.05) is 19.2 Å². The molecule has 0 unspecified atom stereocenters. The van der Waals surface area contributed by atoms with E-state index >= 15 is 0 Å². The van der Waals surface area contributed by atoms with Crippen molar-refractivity contribution in [2.75, 3.05) is 34.4 Å². The first-order valence-electron chi connectivity index (χ1n) is 6.19. The lowest BCUT2D eigenvalue weighted by molar-refractivity contribution is -0.140. The molecular weight excluding hydrogens is 296 g/mol. The van der Waals surface area contributed by atoms with Gasteiger partial charge in [-0.2, -0.15) is 0 Å². The van der Waals surface area contributed by atoms with E-state index in [2.05, 4.69) is 24.8 Å². The molecule has 120 valence electrons. The van der Waals surface area contributed by atoms with Crippen LogP contribution in [0.4, 0.5) is 0 Å². The Balaban J connectivity index is 3.51. The maximum atomic E-state index is 12.0. The molecule has 1 aliphatic rings. The monoisotopic (exact) mass is 312 g/mol. The molecule has 2 N–H and O–H groups in total. The standard InChI is InChI=1S/C13H16N2O7/c1-20-8(16)6-7(12(18)21-2)9(13(19)22-3)10-11(17)15-5-4-14-10/h6,14H,4-5H2,1-3H3,(H,15,17)/b7-6-,10-9+. The number of piperazine rings is 1. The van der Waals surface area contributed by atoms with E-state index in [1.54, 1.807) is 0 Å². The predicted molar refractivity (Wildman–Crippen MR) is 72.2 cm³/mol. The molecule has 0 aromatic carbocycles. The molecule has 0 spiro atoms. The molecule has 1 fully saturated rings. The Bertz CT molecular complexity index is 563. The summed E-state index contributed by atoms with van der Waals surface area (Å²) in [7, 11) is 3.25. The molecule has 1 rings (SSSR count). The Morgan fingerprint density at radius 3 is 2.05 bits per heavy atom. The van der Waals surface area contributed by atoms with Gasteiger partial charge in [-0.1, -0.05) is 0 Å². The fraction of sp³-hybridized carbons (Fsp3) is 0.385. The van der Waals surface area contributed by atoms with E-state index in [1.807, 2.05) is 0 Å². The number of ether oxygens (including phenoxy) is 3. The van der Waals surface area contributed by atoms with Gasteiger partial charge in [0.25, 0.3) is 5.91 Å². The summed E-state index contributed by atoms with van der Waals surface area (Å²) in [5.41, 5.74) is -1.03. The molecule has 1 saturated heterocycles. The number of hydrogen-bond acceptors (Lipinski definition) is 8. The highest BCUT2D eigenvalue weighted by Gasteiger charge is 2.31. The van der Waals surface area contributed by atoms with Crippen molar-refractivity contribution in [3.63, 3.8) is 0 Å². The van der Waals surface area contributed by atoms with E-state index in [0.29, 0.717) is 13.1 Å². The van der Waals surface area contributed by atoms with E-state index in [1.165, 1.54) is 0 Å². The molecule has 1 amide bonds. The normalized spacial score (nSPS) is 16.9. The summed E-state index contributed by atoms with van der Waals surface area (Å²) in [6.07, 6.45) is 0.759. The second kappa shape index (κ2) is 7.81. The maximum absolute atomic E-state index is 12.0. The Morgan fingerprint density at radius 1 is 0.955 bits per heavy atom. The molecule has 0 atom stereocenters. The Labute approximate surface area is 126 Å². The first kappa shape index (κ1) is 17.2. The van der Waals surface area contributed by atoms with Gasteiger partial charge in [0.2, 0.25) is 0 Å². The van der Waals surface area contributed by atoms with Gasteiger partial charge in [-0.25, -0.2) is 14.4 Å². The molecule has 1 aliphatic heterocycles. The maximum Gasteiger partial charge on any atom is 0.341 e. The molecule has 0 saturated carbocycles. The minimum absolute atomic E-state index is 0.182. The Hall–Kier alpha value is -2.84. The van der Waals surface area contributed by atoms with E-state index in [9.17, 15) is 19.2 Å². The number of esters is 3. The Morgan fingerprint density at radius 2 is 1.55 bits per heavy atom. The second-order valence-electron chi connectivity index (χ2n) is 4.00. The topological polar surface area (TPSA) is 120 Å². The highest BCUT2D eigenvalue weighted by molar-refractivity contribution is 6.14. The van der Waals surface area contributed by atoms with Crippen LogP contribution in [0.1, 0.15) is 0 Å². The summed E-state index contributed by atoms with van der Waals surface area (Å²) in [6, 6.07) is 0. The van der Waals surface area contributed by atoms with Crippen LogP contribution in [0, 0.1) is 0 Å². The number of carbonyl (C=O) groups is 4. The Kier molecular flexibility index (Phi) is 6.11. The molecule has 0 aromatic rings. The molecule has 9 nitrogen and oxygen atoms in total. The van der Waals surface area contributed by atoms with E-state index < -0.39 is 35.0 Å². The van der Waals surface area contributed by atoms with Crippen molar-refractivity contribution in [1.29, 1.82) is 0 Å². The lowest BCUT2D eigenvalue weighted by Gasteiger charge is -2.20. The van der Waals surface area contributed by atoms with Gasteiger partial charge in [0.15, 0.2) is 0 Å². The summed E-state index contributed by atoms with van der Waals surface area (Å²) in [4.78, 5) is 47.2. The SMILES string of the molecule is COC(=O)/C=C(C(=O)OC)/C(C(=O)OC)=C1\NCCNC1=O. The highest BCUT2D eigenvalue weighted by atomic mass is 16.5. The van der Waals surface area contributed by atoms with Crippen molar-refractivity contribution in [2.24, 2.45) is 0 Å². The fourth-order valence-corrected chi connectivity index (χ4v) is 1.70. The summed E-state index contributed by atoms with van der Waals surface area (Å²) in [5.74, 6) is -3.46. The zero-order valence-electron chi connectivity index (χ0n) is 12.3. The van der Waals surface area contributed by atoms with Crippen LogP contribution in [-0.2, 0) is 33.4 Å². The quantitative estimate of drug-likeness (QED) is 0.362. The molecule has 0 bridgehead atoms. The predicted octanol–water partition coefficient (Wildman–Crippen LogP) is -1.59. The van der Waals surface area contributed by atoms with Crippen molar-refractivity contribution in [3.8, 4) is 0 Å². The van der Waals surface area contributed by atoms with E-state index in [4.69, 9.17) is 0 Å². The summed E-state index contributed by atoms with van der Waals surface area (Å²) in [6.45, 7) is 0.694.